The van der Waals surface area contributed by atoms with Crippen molar-refractivity contribution in [1.82, 2.24) is 18.8 Å². The second-order valence-corrected chi connectivity index (χ2v) is 20.3. The zero-order valence-corrected chi connectivity index (χ0v) is 42.6. The topological polar surface area (TPSA) is 53.1 Å². The first kappa shape index (κ1) is 41.1. The van der Waals surface area contributed by atoms with E-state index < -0.39 is 12.1 Å². The third-order valence-electron chi connectivity index (χ3n) is 15.0. The fraction of sp³-hybridized carbons (Fsp3) is 0.147. The maximum absolute atomic E-state index is 8.33. The van der Waals surface area contributed by atoms with E-state index in [-0.39, 0.29) is 97.3 Å². The molecule has 6 nitrogen and oxygen atoms in total. The zero-order valence-electron chi connectivity index (χ0n) is 51.8. The van der Waals surface area contributed by atoms with Crippen LogP contribution in [-0.2, 0) is 9.31 Å². The third kappa shape index (κ3) is 8.61. The van der Waals surface area contributed by atoms with Crippen LogP contribution >= 0.6 is 11.6 Å². The maximum atomic E-state index is 8.33. The molecule has 7 heterocycles. The van der Waals surface area contributed by atoms with Gasteiger partial charge in [-0.05, 0) is 112 Å². The van der Waals surface area contributed by atoms with Crippen molar-refractivity contribution in [2.24, 2.45) is 0 Å². The predicted octanol–water partition coefficient (Wildman–Crippen LogP) is 15.0. The van der Waals surface area contributed by atoms with Crippen molar-refractivity contribution in [3.05, 3.63) is 223 Å². The van der Waals surface area contributed by atoms with Gasteiger partial charge in [-0.1, -0.05) is 178 Å². The van der Waals surface area contributed by atoms with Gasteiger partial charge in [0.25, 0.3) is 0 Å². The predicted molar refractivity (Wildman–Crippen MR) is 324 cm³/mol. The van der Waals surface area contributed by atoms with Crippen molar-refractivity contribution in [3.63, 3.8) is 0 Å². The Morgan fingerprint density at radius 1 is 0.468 bits per heavy atom. The summed E-state index contributed by atoms with van der Waals surface area (Å²) in [6.07, 6.45) is 3.04. The molecule has 0 bridgehead atoms. The highest BCUT2D eigenvalue weighted by molar-refractivity contribution is 6.62. The van der Waals surface area contributed by atoms with Crippen molar-refractivity contribution >= 4 is 100 Å². The number of benzene rings is 8. The SMILES string of the molecule is C.C.CC1(C)OB(c2ccc3c(c2)c2cccc4c5ccccc5n3c42)OC1(C)C.[2H]c1c([2H])c([2H])c(-c2cnc(-c3ccc4c(c3)c3cccc5c6ccccc6n4c53)cc2C)c([2H])c1[2H].[2H]c1c([2H])c([2H])c(-c2cnc(Cl)cc2C)c([2H])c1[2H].[F-]. The summed E-state index contributed by atoms with van der Waals surface area (Å²) in [4.78, 5) is 8.58. The van der Waals surface area contributed by atoms with Crippen molar-refractivity contribution in [2.45, 2.75) is 67.6 Å². The van der Waals surface area contributed by atoms with Crippen LogP contribution in [0.3, 0.4) is 0 Å². The van der Waals surface area contributed by atoms with Crippen molar-refractivity contribution in [1.29, 1.82) is 0 Å². The molecular formula is C68H60BClFN4O2-. The molecule has 0 amide bonds. The van der Waals surface area contributed by atoms with Crippen molar-refractivity contribution in [2.75, 3.05) is 0 Å². The number of para-hydroxylation sites is 4. The Morgan fingerprint density at radius 3 is 1.40 bits per heavy atom. The first-order chi connectivity index (χ1) is 40.1. The molecule has 6 aromatic heterocycles. The standard InChI is InChI=1S/C30H20N2.C24H22BNO2.C12H10ClN.2CH4.FH/c1-19-16-27(31-18-26(19)20-8-3-2-4-9-20)21-14-15-29-25(17-21)24-12-7-11-23-22-10-5-6-13-28(22)32(29)30(23)24;1-23(2)24(3,4)28-25(27-23)15-12-13-21-19(14-15)18-10-7-9-17-16-8-5-6-11-20(16)26(21)22(17)18;1-9-7-12(13)14-8-11(9)10-5-3-2-4-6-10;;;/h2-18H,1H3;5-14H,1-4H3;2-8H,1H3;2*1H4;1H/p-1/i2D,3D,4D,8D,9D;;2D,3D,4D,5D,6D;;;. The van der Waals surface area contributed by atoms with Crippen LogP contribution in [-0.4, -0.2) is 37.1 Å². The van der Waals surface area contributed by atoms with Gasteiger partial charge in [-0.15, -0.1) is 0 Å². The van der Waals surface area contributed by atoms with Crippen LogP contribution in [0.4, 0.5) is 0 Å². The molecule has 9 heteroatoms. The number of halogens is 2. The maximum Gasteiger partial charge on any atom is 0.494 e. The van der Waals surface area contributed by atoms with Crippen molar-refractivity contribution in [3.8, 4) is 33.5 Å². The van der Waals surface area contributed by atoms with E-state index in [0.717, 1.165) is 33.2 Å². The molecule has 0 aliphatic carbocycles. The van der Waals surface area contributed by atoms with Gasteiger partial charge in [0, 0.05) is 72.2 Å². The molecule has 0 radical (unpaired) electrons. The highest BCUT2D eigenvalue weighted by Gasteiger charge is 2.51. The van der Waals surface area contributed by atoms with Gasteiger partial charge < -0.3 is 22.8 Å². The molecule has 0 N–H and O–H groups in total. The lowest BCUT2D eigenvalue weighted by Gasteiger charge is -2.32. The van der Waals surface area contributed by atoms with E-state index >= 15 is 0 Å². The van der Waals surface area contributed by atoms with Gasteiger partial charge in [0.05, 0.1) is 63.7 Å². The van der Waals surface area contributed by atoms with Gasteiger partial charge in [0.2, 0.25) is 0 Å². The van der Waals surface area contributed by atoms with Crippen LogP contribution in [0.15, 0.2) is 206 Å². The molecule has 0 atom stereocenters. The van der Waals surface area contributed by atoms with Gasteiger partial charge in [0.1, 0.15) is 5.15 Å². The quantitative estimate of drug-likeness (QED) is 0.130. The van der Waals surface area contributed by atoms with E-state index in [1.165, 1.54) is 71.5 Å². The minimum atomic E-state index is -0.404. The number of aryl methyl sites for hydroxylation is 2. The van der Waals surface area contributed by atoms with E-state index in [0.29, 0.717) is 21.8 Å². The minimum Gasteiger partial charge on any atom is -1.00 e. The van der Waals surface area contributed by atoms with Crippen LogP contribution in [0.5, 0.6) is 0 Å². The second-order valence-electron chi connectivity index (χ2n) is 19.9. The smallest absolute Gasteiger partial charge is 0.494 e. The monoisotopic (exact) mass is 1040 g/mol. The van der Waals surface area contributed by atoms with Gasteiger partial charge >= 0.3 is 7.12 Å². The number of pyridine rings is 2. The average molecular weight is 1040 g/mol. The molecule has 1 saturated heterocycles. The lowest BCUT2D eigenvalue weighted by Crippen LogP contribution is -3.00. The summed E-state index contributed by atoms with van der Waals surface area (Å²) < 4.78 is 96.5. The van der Waals surface area contributed by atoms with Crippen LogP contribution in [0.25, 0.3) is 110 Å². The third-order valence-corrected chi connectivity index (χ3v) is 15.2. The van der Waals surface area contributed by atoms with E-state index in [2.05, 4.69) is 168 Å². The van der Waals surface area contributed by atoms with E-state index in [1.54, 1.807) is 19.2 Å². The van der Waals surface area contributed by atoms with E-state index in [1.807, 2.05) is 13.0 Å². The molecule has 14 aromatic rings. The Bertz CT molecular complexity index is 5000. The number of hydrogen-bond donors (Lipinski definition) is 0. The minimum absolute atomic E-state index is 0. The zero-order chi connectivity index (χ0) is 59.2. The fourth-order valence-electron chi connectivity index (χ4n) is 10.7. The first-order valence-electron chi connectivity index (χ1n) is 29.5. The molecule has 8 aromatic carbocycles. The van der Waals surface area contributed by atoms with Crippen LogP contribution in [0, 0.1) is 13.8 Å². The summed E-state index contributed by atoms with van der Waals surface area (Å²) in [5.41, 5.74) is 12.3. The van der Waals surface area contributed by atoms with Gasteiger partial charge in [-0.25, -0.2) is 4.98 Å². The molecule has 0 spiro atoms. The van der Waals surface area contributed by atoms with Gasteiger partial charge in [-0.3, -0.25) is 4.98 Å². The van der Waals surface area contributed by atoms with Crippen LogP contribution in [0.1, 0.15) is 67.4 Å². The Morgan fingerprint density at radius 2 is 0.896 bits per heavy atom. The number of nitrogens with zero attached hydrogens (tertiary/aromatic N) is 4. The Balaban J connectivity index is 0.000000150. The molecule has 1 aliphatic rings. The summed E-state index contributed by atoms with van der Waals surface area (Å²) in [7, 11) is -0.341. The Hall–Kier alpha value is -8.14. The summed E-state index contributed by atoms with van der Waals surface area (Å²) >= 11 is 5.76. The number of fused-ring (bicyclic) bond motifs is 12. The van der Waals surface area contributed by atoms with Crippen LogP contribution in [0.2, 0.25) is 5.15 Å². The summed E-state index contributed by atoms with van der Waals surface area (Å²) in [5, 5.41) is 10.3. The Labute approximate surface area is 468 Å². The molecule has 15 rings (SSSR count). The Kier molecular flexibility index (Phi) is 10.7. The second kappa shape index (κ2) is 20.1. The summed E-state index contributed by atoms with van der Waals surface area (Å²) in [5.74, 6) is 0. The van der Waals surface area contributed by atoms with E-state index in [4.69, 9.17) is 34.6 Å². The summed E-state index contributed by atoms with van der Waals surface area (Å²) in [6, 6.07) is 43.5. The van der Waals surface area contributed by atoms with Gasteiger partial charge in [0.15, 0.2) is 0 Å². The largest absolute Gasteiger partial charge is 1.00 e. The molecule has 0 saturated carbocycles. The number of aromatic nitrogens is 4. The molecule has 1 aliphatic heterocycles. The lowest BCUT2D eigenvalue weighted by atomic mass is 9.78. The van der Waals surface area contributed by atoms with Crippen LogP contribution < -0.4 is 10.2 Å². The number of rotatable bonds is 4. The normalized spacial score (nSPS) is 15.5. The summed E-state index contributed by atoms with van der Waals surface area (Å²) in [6.45, 7) is 12.0. The molecule has 0 unspecified atom stereocenters. The molecule has 1 fully saturated rings. The van der Waals surface area contributed by atoms with Gasteiger partial charge in [-0.2, -0.15) is 0 Å². The first-order valence-corrected chi connectivity index (χ1v) is 24.9. The van der Waals surface area contributed by atoms with E-state index in [9.17, 15) is 0 Å². The highest BCUT2D eigenvalue weighted by atomic mass is 35.5. The fourth-order valence-corrected chi connectivity index (χ4v) is 10.9. The molecular weight excluding hydrogens is 970 g/mol. The number of hydrogen-bond acceptors (Lipinski definition) is 4. The van der Waals surface area contributed by atoms with Crippen molar-refractivity contribution < 1.29 is 27.7 Å². The molecule has 77 heavy (non-hydrogen) atoms. The molecule has 382 valence electrons. The highest BCUT2D eigenvalue weighted by Crippen LogP contribution is 2.42. The lowest BCUT2D eigenvalue weighted by molar-refractivity contribution is -0.0000179. The average Bonchev–Trinajstić information content (AvgIpc) is 1.59.